The van der Waals surface area contributed by atoms with Crippen LogP contribution < -0.4 is 9.31 Å². The van der Waals surface area contributed by atoms with Gasteiger partial charge in [-0.05, 0) is 48.5 Å². The summed E-state index contributed by atoms with van der Waals surface area (Å²) >= 11 is 3.69. The van der Waals surface area contributed by atoms with E-state index in [4.69, 9.17) is 9.31 Å². The molecule has 0 aliphatic carbocycles. The van der Waals surface area contributed by atoms with E-state index in [1.54, 1.807) is 0 Å². The first-order valence-corrected chi connectivity index (χ1v) is 9.58. The molecule has 2 aromatic carbocycles. The highest BCUT2D eigenvalue weighted by atomic mass is 32.2. The van der Waals surface area contributed by atoms with Crippen molar-refractivity contribution < 1.29 is 9.31 Å². The first-order chi connectivity index (χ1) is 11.0. The maximum Gasteiger partial charge on any atom is 0.576 e. The van der Waals surface area contributed by atoms with Gasteiger partial charge in [0, 0.05) is 20.3 Å². The summed E-state index contributed by atoms with van der Waals surface area (Å²) in [7, 11) is 0.216. The molecule has 2 rings (SSSR count). The van der Waals surface area contributed by atoms with E-state index in [0.29, 0.717) is 10.5 Å². The fourth-order valence-corrected chi connectivity index (χ4v) is 3.61. The Hall–Kier alpha value is -1.20. The molecular formula is C18H23BO2S2. The predicted molar refractivity (Wildman–Crippen MR) is 103 cm³/mol. The second-order valence-electron chi connectivity index (χ2n) is 5.68. The highest BCUT2D eigenvalue weighted by Gasteiger charge is 2.03. The minimum atomic E-state index is 0.216. The van der Waals surface area contributed by atoms with E-state index in [1.165, 1.54) is 9.79 Å². The van der Waals surface area contributed by atoms with E-state index in [9.17, 15) is 0 Å². The van der Waals surface area contributed by atoms with Crippen LogP contribution in [0.3, 0.4) is 0 Å². The van der Waals surface area contributed by atoms with Gasteiger partial charge >= 0.3 is 7.69 Å². The summed E-state index contributed by atoms with van der Waals surface area (Å²) in [5.41, 5.74) is 0. The van der Waals surface area contributed by atoms with Crippen molar-refractivity contribution in [2.24, 2.45) is 0 Å². The summed E-state index contributed by atoms with van der Waals surface area (Å²) in [6.45, 7) is 8.75. The quantitative estimate of drug-likeness (QED) is 0.470. The summed E-state index contributed by atoms with van der Waals surface area (Å²) < 4.78 is 11.3. The molecule has 0 atom stereocenters. The van der Waals surface area contributed by atoms with Gasteiger partial charge in [-0.25, -0.2) is 0 Å². The Morgan fingerprint density at radius 1 is 0.652 bits per heavy atom. The Morgan fingerprint density at radius 2 is 1.00 bits per heavy atom. The molecule has 0 aliphatic rings. The van der Waals surface area contributed by atoms with Crippen molar-refractivity contribution in [2.75, 3.05) is 0 Å². The van der Waals surface area contributed by atoms with Crippen LogP contribution in [0.15, 0.2) is 58.3 Å². The van der Waals surface area contributed by atoms with Crippen LogP contribution >= 0.6 is 23.5 Å². The first-order valence-electron chi connectivity index (χ1n) is 7.82. The number of thioether (sulfide) groups is 2. The molecule has 122 valence electrons. The van der Waals surface area contributed by atoms with E-state index in [1.807, 2.05) is 47.8 Å². The highest BCUT2D eigenvalue weighted by molar-refractivity contribution is 8.00. The summed E-state index contributed by atoms with van der Waals surface area (Å²) in [4.78, 5) is 2.51. The molecule has 2 aromatic rings. The maximum atomic E-state index is 5.63. The zero-order chi connectivity index (χ0) is 16.7. The topological polar surface area (TPSA) is 18.5 Å². The van der Waals surface area contributed by atoms with E-state index in [2.05, 4.69) is 52.0 Å². The van der Waals surface area contributed by atoms with Crippen molar-refractivity contribution in [3.8, 4) is 11.5 Å². The largest absolute Gasteiger partial charge is 0.576 e. The van der Waals surface area contributed by atoms with Crippen LogP contribution in [-0.2, 0) is 0 Å². The normalized spacial score (nSPS) is 10.9. The molecule has 0 radical (unpaired) electrons. The molecule has 0 aromatic heterocycles. The van der Waals surface area contributed by atoms with Crippen LogP contribution in [0.5, 0.6) is 11.5 Å². The van der Waals surface area contributed by atoms with Crippen LogP contribution in [0, 0.1) is 0 Å². The minimum Gasteiger partial charge on any atom is -0.529 e. The van der Waals surface area contributed by atoms with E-state index in [0.717, 1.165) is 11.5 Å². The predicted octanol–water partition coefficient (Wildman–Crippen LogP) is 5.41. The van der Waals surface area contributed by atoms with Gasteiger partial charge in [-0.15, -0.1) is 23.5 Å². The summed E-state index contributed by atoms with van der Waals surface area (Å²) in [5.74, 6) is 1.65. The van der Waals surface area contributed by atoms with Gasteiger partial charge < -0.3 is 9.31 Å². The molecule has 0 unspecified atom stereocenters. The van der Waals surface area contributed by atoms with E-state index in [-0.39, 0.29) is 7.69 Å². The van der Waals surface area contributed by atoms with Gasteiger partial charge in [0.15, 0.2) is 0 Å². The third-order valence-electron chi connectivity index (χ3n) is 2.84. The molecule has 5 heteroatoms. The van der Waals surface area contributed by atoms with Gasteiger partial charge in [-0.2, -0.15) is 0 Å². The van der Waals surface area contributed by atoms with Crippen molar-refractivity contribution in [3.05, 3.63) is 48.5 Å². The van der Waals surface area contributed by atoms with Gasteiger partial charge in [-0.1, -0.05) is 27.7 Å². The molecule has 0 saturated carbocycles. The van der Waals surface area contributed by atoms with Crippen LogP contribution in [0.1, 0.15) is 27.7 Å². The smallest absolute Gasteiger partial charge is 0.529 e. The first kappa shape index (κ1) is 18.1. The lowest BCUT2D eigenvalue weighted by Gasteiger charge is -2.10. The molecule has 0 heterocycles. The lowest BCUT2D eigenvalue weighted by Crippen LogP contribution is -2.10. The third kappa shape index (κ3) is 6.84. The fraction of sp³-hybridized carbons (Fsp3) is 0.333. The molecule has 0 N–H and O–H groups in total. The summed E-state index contributed by atoms with van der Waals surface area (Å²) in [6, 6.07) is 16.3. The Labute approximate surface area is 148 Å². The molecule has 0 amide bonds. The Balaban J connectivity index is 1.78. The van der Waals surface area contributed by atoms with Gasteiger partial charge in [-0.3, -0.25) is 0 Å². The molecular weight excluding hydrogens is 323 g/mol. The molecule has 0 fully saturated rings. The molecule has 0 aliphatic heterocycles. The monoisotopic (exact) mass is 346 g/mol. The molecule has 23 heavy (non-hydrogen) atoms. The highest BCUT2D eigenvalue weighted by Crippen LogP contribution is 2.26. The Bertz CT molecular complexity index is 529. The average Bonchev–Trinajstić information content (AvgIpc) is 2.50. The van der Waals surface area contributed by atoms with Gasteiger partial charge in [0.2, 0.25) is 0 Å². The Morgan fingerprint density at radius 3 is 1.30 bits per heavy atom. The zero-order valence-electron chi connectivity index (χ0n) is 14.1. The van der Waals surface area contributed by atoms with Gasteiger partial charge in [0.25, 0.3) is 0 Å². The number of benzene rings is 2. The van der Waals surface area contributed by atoms with Crippen LogP contribution in [0.4, 0.5) is 0 Å². The number of hydrogen-bond donors (Lipinski definition) is 0. The van der Waals surface area contributed by atoms with E-state index >= 15 is 0 Å². The van der Waals surface area contributed by atoms with Crippen molar-refractivity contribution >= 4 is 31.2 Å². The number of hydrogen-bond acceptors (Lipinski definition) is 4. The minimum absolute atomic E-state index is 0.216. The van der Waals surface area contributed by atoms with Gasteiger partial charge in [0.05, 0.1) is 0 Å². The second kappa shape index (κ2) is 9.19. The van der Waals surface area contributed by atoms with Crippen molar-refractivity contribution in [2.45, 2.75) is 48.0 Å². The van der Waals surface area contributed by atoms with Crippen molar-refractivity contribution in [1.82, 2.24) is 0 Å². The molecule has 0 saturated heterocycles. The maximum absolute atomic E-state index is 5.63. The van der Waals surface area contributed by atoms with Gasteiger partial charge in [0.1, 0.15) is 11.5 Å². The standard InChI is InChI=1S/C18H23BO2S2/c1-13(2)22-17-9-5-15(6-10-17)20-19-21-16-7-11-18(12-8-16)23-14(3)4/h5-14,19H,1-4H3. The third-order valence-corrected chi connectivity index (χ3v) is 4.87. The molecule has 2 nitrogen and oxygen atoms in total. The summed E-state index contributed by atoms with van der Waals surface area (Å²) in [6.07, 6.45) is 0. The summed E-state index contributed by atoms with van der Waals surface area (Å²) in [5, 5.41) is 1.17. The van der Waals surface area contributed by atoms with Crippen LogP contribution in [-0.4, -0.2) is 18.2 Å². The Kier molecular flexibility index (Phi) is 7.25. The lowest BCUT2D eigenvalue weighted by molar-refractivity contribution is 0.458. The van der Waals surface area contributed by atoms with Crippen molar-refractivity contribution in [3.63, 3.8) is 0 Å². The average molecular weight is 346 g/mol. The molecule has 0 bridgehead atoms. The van der Waals surface area contributed by atoms with E-state index < -0.39 is 0 Å². The lowest BCUT2D eigenvalue weighted by atomic mass is 10.3. The molecule has 0 spiro atoms. The second-order valence-corrected chi connectivity index (χ2v) is 8.98. The fourth-order valence-electron chi connectivity index (χ4n) is 1.94. The zero-order valence-corrected chi connectivity index (χ0v) is 15.7. The van der Waals surface area contributed by atoms with Crippen LogP contribution in [0.25, 0.3) is 0 Å². The number of rotatable bonds is 8. The van der Waals surface area contributed by atoms with Crippen LogP contribution in [0.2, 0.25) is 0 Å². The van der Waals surface area contributed by atoms with Crippen molar-refractivity contribution in [1.29, 1.82) is 0 Å². The SMILES string of the molecule is CC(C)Sc1ccc(OBOc2ccc(SC(C)C)cc2)cc1.